The maximum absolute atomic E-state index is 11.1. The summed E-state index contributed by atoms with van der Waals surface area (Å²) in [7, 11) is 0. The number of esters is 1. The van der Waals surface area contributed by atoms with E-state index in [2.05, 4.69) is 0 Å². The fraction of sp³-hybridized carbons (Fsp3) is 0.273. The first-order valence-electron chi connectivity index (χ1n) is 4.72. The third-order valence-corrected chi connectivity index (χ3v) is 2.05. The monoisotopic (exact) mass is 222 g/mol. The van der Waals surface area contributed by atoms with Gasteiger partial charge in [-0.3, -0.25) is 0 Å². The van der Waals surface area contributed by atoms with E-state index in [0.717, 1.165) is 0 Å². The zero-order chi connectivity index (χ0) is 11.7. The first-order valence-corrected chi connectivity index (χ1v) is 4.72. The Hall–Kier alpha value is -2.04. The molecule has 16 heavy (non-hydrogen) atoms. The van der Waals surface area contributed by atoms with Crippen molar-refractivity contribution in [1.29, 1.82) is 0 Å². The maximum Gasteiger partial charge on any atom is 0.339 e. The van der Waals surface area contributed by atoms with E-state index < -0.39 is 17.9 Å². The van der Waals surface area contributed by atoms with Crippen molar-refractivity contribution in [2.75, 3.05) is 0 Å². The van der Waals surface area contributed by atoms with Gasteiger partial charge in [0.15, 0.2) is 0 Å². The summed E-state index contributed by atoms with van der Waals surface area (Å²) in [6.07, 6.45) is 0.778. The first kappa shape index (κ1) is 10.5. The van der Waals surface area contributed by atoms with Gasteiger partial charge in [0.1, 0.15) is 11.5 Å². The van der Waals surface area contributed by atoms with Crippen LogP contribution in [-0.2, 0) is 9.53 Å². The predicted molar refractivity (Wildman–Crippen MR) is 54.0 cm³/mol. The normalized spacial score (nSPS) is 19.2. The van der Waals surface area contributed by atoms with Crippen molar-refractivity contribution in [1.82, 2.24) is 0 Å². The topological polar surface area (TPSA) is 65.7 Å². The predicted octanol–water partition coefficient (Wildman–Crippen LogP) is 1.16. The van der Waals surface area contributed by atoms with Crippen molar-refractivity contribution < 1.29 is 18.7 Å². The van der Waals surface area contributed by atoms with Crippen molar-refractivity contribution >= 4 is 5.97 Å². The van der Waals surface area contributed by atoms with Crippen LogP contribution in [0.15, 0.2) is 33.0 Å². The Labute approximate surface area is 91.3 Å². The molecule has 0 aromatic carbocycles. The molecule has 0 N–H and O–H groups in total. The third-order valence-electron chi connectivity index (χ3n) is 2.05. The fourth-order valence-corrected chi connectivity index (χ4v) is 1.34. The number of hydrogen-bond acceptors (Lipinski definition) is 5. The summed E-state index contributed by atoms with van der Waals surface area (Å²) in [4.78, 5) is 22.1. The smallest absolute Gasteiger partial charge is 0.339 e. The molecule has 2 heterocycles. The molecule has 0 fully saturated rings. The summed E-state index contributed by atoms with van der Waals surface area (Å²) >= 11 is 0. The maximum atomic E-state index is 11.1. The Morgan fingerprint density at radius 2 is 2.00 bits per heavy atom. The molecule has 1 unspecified atom stereocenters. The minimum absolute atomic E-state index is 0.317. The van der Waals surface area contributed by atoms with Crippen LogP contribution < -0.4 is 10.4 Å². The minimum atomic E-state index is -0.770. The molecule has 2 rings (SSSR count). The Morgan fingerprint density at radius 3 is 2.56 bits per heavy atom. The molecule has 0 amide bonds. The molecular weight excluding hydrogens is 212 g/mol. The van der Waals surface area contributed by atoms with Gasteiger partial charge in [0.2, 0.25) is 0 Å². The molecule has 1 aromatic heterocycles. The van der Waals surface area contributed by atoms with Gasteiger partial charge in [-0.15, -0.1) is 0 Å². The standard InChI is InChI=1S/C11H10O5/c1-6-3-10(16-11(6)13)15-8-4-7(2)14-9(12)5-8/h3-5,10H,1-2H3. The Bertz CT molecular complexity index is 511. The zero-order valence-corrected chi connectivity index (χ0v) is 8.85. The zero-order valence-electron chi connectivity index (χ0n) is 8.85. The van der Waals surface area contributed by atoms with Crippen LogP contribution in [0.25, 0.3) is 0 Å². The SMILES string of the molecule is CC1=CC(Oc2cc(C)oc(=O)c2)OC1=O. The lowest BCUT2D eigenvalue weighted by Crippen LogP contribution is -2.16. The molecule has 1 aliphatic rings. The van der Waals surface area contributed by atoms with Gasteiger partial charge in [-0.1, -0.05) is 0 Å². The van der Waals surface area contributed by atoms with E-state index in [1.165, 1.54) is 6.07 Å². The third kappa shape index (κ3) is 2.13. The first-order chi connectivity index (χ1) is 7.54. The summed E-state index contributed by atoms with van der Waals surface area (Å²) in [5, 5.41) is 0. The second-order valence-electron chi connectivity index (χ2n) is 3.46. The van der Waals surface area contributed by atoms with Gasteiger partial charge in [0, 0.05) is 17.7 Å². The van der Waals surface area contributed by atoms with Crippen LogP contribution in [0, 0.1) is 6.92 Å². The van der Waals surface area contributed by atoms with Gasteiger partial charge in [-0.2, -0.15) is 0 Å². The van der Waals surface area contributed by atoms with Gasteiger partial charge in [0.05, 0.1) is 6.07 Å². The van der Waals surface area contributed by atoms with Gasteiger partial charge in [-0.25, -0.2) is 9.59 Å². The number of aryl methyl sites for hydroxylation is 1. The van der Waals surface area contributed by atoms with Crippen molar-refractivity contribution in [3.05, 3.63) is 40.0 Å². The average Bonchev–Trinajstić information content (AvgIpc) is 2.43. The van der Waals surface area contributed by atoms with Crippen LogP contribution >= 0.6 is 0 Å². The van der Waals surface area contributed by atoms with Crippen LogP contribution in [0.2, 0.25) is 0 Å². The van der Waals surface area contributed by atoms with E-state index in [-0.39, 0.29) is 0 Å². The van der Waals surface area contributed by atoms with Crippen LogP contribution in [-0.4, -0.2) is 12.3 Å². The highest BCUT2D eigenvalue weighted by atomic mass is 16.7. The number of cyclic esters (lactones) is 1. The summed E-state index contributed by atoms with van der Waals surface area (Å²) in [5.74, 6) is 0.342. The van der Waals surface area contributed by atoms with E-state index in [0.29, 0.717) is 17.1 Å². The van der Waals surface area contributed by atoms with Crippen molar-refractivity contribution in [3.8, 4) is 5.75 Å². The lowest BCUT2D eigenvalue weighted by molar-refractivity contribution is -0.148. The van der Waals surface area contributed by atoms with Crippen molar-refractivity contribution in [2.45, 2.75) is 20.1 Å². The van der Waals surface area contributed by atoms with Crippen LogP contribution in [0.5, 0.6) is 5.75 Å². The van der Waals surface area contributed by atoms with Crippen LogP contribution in [0.4, 0.5) is 0 Å². The second kappa shape index (κ2) is 3.84. The lowest BCUT2D eigenvalue weighted by atomic mass is 10.3. The summed E-state index contributed by atoms with van der Waals surface area (Å²) in [5.41, 5.74) is -0.00953. The number of ether oxygens (including phenoxy) is 2. The van der Waals surface area contributed by atoms with Gasteiger partial charge >= 0.3 is 11.6 Å². The largest absolute Gasteiger partial charge is 0.451 e. The highest BCUT2D eigenvalue weighted by Gasteiger charge is 2.23. The van der Waals surface area contributed by atoms with Crippen molar-refractivity contribution in [2.24, 2.45) is 0 Å². The van der Waals surface area contributed by atoms with E-state index >= 15 is 0 Å². The summed E-state index contributed by atoms with van der Waals surface area (Å²) < 4.78 is 14.9. The molecule has 0 saturated heterocycles. The van der Waals surface area contributed by atoms with Gasteiger partial charge < -0.3 is 13.9 Å². The Balaban J connectivity index is 2.16. The molecule has 0 spiro atoms. The molecule has 84 valence electrons. The van der Waals surface area contributed by atoms with Gasteiger partial charge in [-0.05, 0) is 13.8 Å². The fourth-order valence-electron chi connectivity index (χ4n) is 1.34. The molecule has 0 aliphatic carbocycles. The molecule has 1 atom stereocenters. The van der Waals surface area contributed by atoms with E-state index in [9.17, 15) is 9.59 Å². The van der Waals surface area contributed by atoms with Crippen molar-refractivity contribution in [3.63, 3.8) is 0 Å². The lowest BCUT2D eigenvalue weighted by Gasteiger charge is -2.10. The molecular formula is C11H10O5. The highest BCUT2D eigenvalue weighted by Crippen LogP contribution is 2.18. The van der Waals surface area contributed by atoms with E-state index in [1.54, 1.807) is 26.0 Å². The quantitative estimate of drug-likeness (QED) is 0.702. The molecule has 1 aliphatic heterocycles. The number of rotatable bonds is 2. The molecule has 0 radical (unpaired) electrons. The number of carbonyl (C=O) groups is 1. The summed E-state index contributed by atoms with van der Waals surface area (Å²) in [6, 6.07) is 2.75. The van der Waals surface area contributed by atoms with E-state index in [4.69, 9.17) is 13.9 Å². The number of carbonyl (C=O) groups excluding carboxylic acids is 1. The average molecular weight is 222 g/mol. The van der Waals surface area contributed by atoms with Crippen LogP contribution in [0.1, 0.15) is 12.7 Å². The second-order valence-corrected chi connectivity index (χ2v) is 3.46. The van der Waals surface area contributed by atoms with Crippen LogP contribution in [0.3, 0.4) is 0 Å². The summed E-state index contributed by atoms with van der Waals surface area (Å²) in [6.45, 7) is 3.27. The Kier molecular flexibility index (Phi) is 2.52. The highest BCUT2D eigenvalue weighted by molar-refractivity contribution is 5.90. The molecule has 0 saturated carbocycles. The molecule has 5 nitrogen and oxygen atoms in total. The number of hydrogen-bond donors (Lipinski definition) is 0. The molecule has 1 aromatic rings. The van der Waals surface area contributed by atoms with Gasteiger partial charge in [0.25, 0.3) is 6.29 Å². The van der Waals surface area contributed by atoms with E-state index in [1.807, 2.05) is 0 Å². The molecule has 0 bridgehead atoms. The Morgan fingerprint density at radius 1 is 1.25 bits per heavy atom. The minimum Gasteiger partial charge on any atom is -0.451 e. The molecule has 5 heteroatoms.